The van der Waals surface area contributed by atoms with Crippen LogP contribution in [0.3, 0.4) is 0 Å². The van der Waals surface area contributed by atoms with Gasteiger partial charge >= 0.3 is 6.18 Å². The number of amides is 2. The van der Waals surface area contributed by atoms with Gasteiger partial charge in [-0.2, -0.15) is 18.3 Å². The first kappa shape index (κ1) is 24.4. The molecule has 0 saturated carbocycles. The summed E-state index contributed by atoms with van der Waals surface area (Å²) in [5.74, 6) is -1.37. The molecule has 1 atom stereocenters. The molecular formula is C23H23F3N6O3. The zero-order valence-electron chi connectivity index (χ0n) is 18.5. The minimum absolute atomic E-state index is 0.00312. The van der Waals surface area contributed by atoms with E-state index < -0.39 is 29.2 Å². The molecule has 0 aliphatic carbocycles. The first-order chi connectivity index (χ1) is 16.8. The van der Waals surface area contributed by atoms with Crippen LogP contribution in [0.2, 0.25) is 0 Å². The average Bonchev–Trinajstić information content (AvgIpc) is 3.34. The second-order valence-electron chi connectivity index (χ2n) is 7.71. The fourth-order valence-electron chi connectivity index (χ4n) is 3.65. The second-order valence-corrected chi connectivity index (χ2v) is 7.71. The van der Waals surface area contributed by atoms with Crippen molar-refractivity contribution < 1.29 is 27.5 Å². The summed E-state index contributed by atoms with van der Waals surface area (Å²) >= 11 is 0. The number of morpholine rings is 1. The molecule has 3 heterocycles. The molecule has 2 aromatic heterocycles. The Kier molecular flexibility index (Phi) is 7.42. The van der Waals surface area contributed by atoms with Crippen LogP contribution in [-0.4, -0.2) is 59.4 Å². The van der Waals surface area contributed by atoms with E-state index >= 15 is 0 Å². The second kappa shape index (κ2) is 10.7. The van der Waals surface area contributed by atoms with Gasteiger partial charge in [-0.1, -0.05) is 18.2 Å². The number of rotatable bonds is 7. The van der Waals surface area contributed by atoms with Crippen LogP contribution in [0.1, 0.15) is 38.1 Å². The molecule has 3 aromatic rings. The van der Waals surface area contributed by atoms with Crippen LogP contribution in [0.15, 0.2) is 55.0 Å². The molecule has 0 spiro atoms. The number of nitrogens with zero attached hydrogens (tertiary/aromatic N) is 3. The van der Waals surface area contributed by atoms with E-state index in [0.29, 0.717) is 30.0 Å². The van der Waals surface area contributed by atoms with E-state index in [0.717, 1.165) is 17.4 Å². The number of halogens is 3. The van der Waals surface area contributed by atoms with Crippen molar-refractivity contribution in [3.8, 4) is 5.69 Å². The smallest absolute Gasteiger partial charge is 0.371 e. The van der Waals surface area contributed by atoms with Gasteiger partial charge in [-0.25, -0.2) is 4.68 Å². The number of benzene rings is 1. The lowest BCUT2D eigenvalue weighted by molar-refractivity contribution is -0.141. The van der Waals surface area contributed by atoms with Crippen LogP contribution in [0.5, 0.6) is 0 Å². The molecule has 1 aromatic carbocycles. The van der Waals surface area contributed by atoms with Crippen molar-refractivity contribution >= 4 is 11.8 Å². The molecular weight excluding hydrogens is 465 g/mol. The highest BCUT2D eigenvalue weighted by atomic mass is 19.4. The van der Waals surface area contributed by atoms with Crippen LogP contribution >= 0.6 is 0 Å². The van der Waals surface area contributed by atoms with E-state index in [1.807, 2.05) is 0 Å². The summed E-state index contributed by atoms with van der Waals surface area (Å²) in [6, 6.07) is 9.87. The predicted octanol–water partition coefficient (Wildman–Crippen LogP) is 2.11. The number of hydrogen-bond donors (Lipinski definition) is 3. The molecule has 1 aliphatic heterocycles. The van der Waals surface area contributed by atoms with Crippen molar-refractivity contribution in [3.63, 3.8) is 0 Å². The number of hydrogen-bond acceptors (Lipinski definition) is 6. The van der Waals surface area contributed by atoms with Crippen molar-refractivity contribution in [1.82, 2.24) is 30.7 Å². The lowest BCUT2D eigenvalue weighted by Gasteiger charge is -2.25. The molecule has 1 unspecified atom stereocenters. The zero-order chi connectivity index (χ0) is 24.8. The fraction of sp³-hybridized carbons (Fsp3) is 0.304. The number of pyridine rings is 1. The Morgan fingerprint density at radius 3 is 2.46 bits per heavy atom. The Balaban J connectivity index is 1.38. The maximum Gasteiger partial charge on any atom is 0.435 e. The van der Waals surface area contributed by atoms with Gasteiger partial charge < -0.3 is 20.7 Å². The van der Waals surface area contributed by atoms with E-state index in [9.17, 15) is 22.8 Å². The molecule has 1 aliphatic rings. The predicted molar refractivity (Wildman–Crippen MR) is 119 cm³/mol. The van der Waals surface area contributed by atoms with E-state index in [1.165, 1.54) is 6.20 Å². The lowest BCUT2D eigenvalue weighted by atomic mass is 10.0. The van der Waals surface area contributed by atoms with E-state index in [2.05, 4.69) is 26.0 Å². The van der Waals surface area contributed by atoms with Crippen molar-refractivity contribution in [1.29, 1.82) is 0 Å². The molecule has 0 radical (unpaired) electrons. The monoisotopic (exact) mass is 488 g/mol. The quantitative estimate of drug-likeness (QED) is 0.440. The summed E-state index contributed by atoms with van der Waals surface area (Å²) in [7, 11) is 0. The third-order valence-electron chi connectivity index (χ3n) is 5.32. The van der Waals surface area contributed by atoms with Crippen LogP contribution < -0.4 is 16.0 Å². The Labute approximate surface area is 198 Å². The largest absolute Gasteiger partial charge is 0.435 e. The highest BCUT2D eigenvalue weighted by molar-refractivity contribution is 5.96. The van der Waals surface area contributed by atoms with Gasteiger partial charge in [0.15, 0.2) is 5.69 Å². The summed E-state index contributed by atoms with van der Waals surface area (Å²) < 4.78 is 47.1. The normalized spacial score (nSPS) is 16.0. The third-order valence-corrected chi connectivity index (χ3v) is 5.32. The number of carbonyl (C=O) groups is 2. The molecule has 12 heteroatoms. The van der Waals surface area contributed by atoms with Gasteiger partial charge in [0.05, 0.1) is 29.5 Å². The van der Waals surface area contributed by atoms with Gasteiger partial charge in [-0.05, 0) is 23.8 Å². The average molecular weight is 488 g/mol. The first-order valence-corrected chi connectivity index (χ1v) is 10.9. The van der Waals surface area contributed by atoms with Gasteiger partial charge in [0.25, 0.3) is 11.8 Å². The number of alkyl halides is 3. The summed E-state index contributed by atoms with van der Waals surface area (Å²) in [5, 5.41) is 11.8. The summed E-state index contributed by atoms with van der Waals surface area (Å²) in [6.07, 6.45) is -1.08. The van der Waals surface area contributed by atoms with Gasteiger partial charge in [0.1, 0.15) is 0 Å². The minimum atomic E-state index is -4.81. The summed E-state index contributed by atoms with van der Waals surface area (Å²) in [4.78, 5) is 29.2. The third kappa shape index (κ3) is 5.84. The molecule has 35 heavy (non-hydrogen) atoms. The number of para-hydroxylation sites is 1. The SMILES string of the molecule is O=C(NCCNC(=O)c1cn(-c2ccccc2)nc1C(F)(F)F)c1cnccc1C1CNCCO1. The molecule has 1 fully saturated rings. The van der Waals surface area contributed by atoms with E-state index in [4.69, 9.17) is 4.74 Å². The fourth-order valence-corrected chi connectivity index (χ4v) is 3.65. The standard InChI is InChI=1S/C23H23F3N6O3/c24-23(25,26)20-18(14-32(31-20)15-4-2-1-3-5-15)22(34)30-9-8-29-21(33)17-12-27-7-6-16(17)19-13-28-10-11-35-19/h1-7,12,14,19,28H,8-11,13H2,(H,29,33)(H,30,34). The molecule has 184 valence electrons. The van der Waals surface area contributed by atoms with Crippen molar-refractivity contribution in [2.24, 2.45) is 0 Å². The molecule has 1 saturated heterocycles. The maximum atomic E-state index is 13.5. The van der Waals surface area contributed by atoms with E-state index in [1.54, 1.807) is 42.6 Å². The van der Waals surface area contributed by atoms with Crippen LogP contribution in [-0.2, 0) is 10.9 Å². The number of carbonyl (C=O) groups excluding carboxylic acids is 2. The summed E-state index contributed by atoms with van der Waals surface area (Å²) in [5.41, 5.74) is -0.505. The van der Waals surface area contributed by atoms with Crippen molar-refractivity contribution in [3.05, 3.63) is 77.4 Å². The minimum Gasteiger partial charge on any atom is -0.371 e. The van der Waals surface area contributed by atoms with Crippen LogP contribution in [0.4, 0.5) is 13.2 Å². The maximum absolute atomic E-state index is 13.5. The summed E-state index contributed by atoms with van der Waals surface area (Å²) in [6.45, 7) is 1.70. The number of nitrogens with one attached hydrogen (secondary N) is 3. The van der Waals surface area contributed by atoms with Gasteiger partial charge in [-0.15, -0.1) is 0 Å². The Bertz CT molecular complexity index is 1180. The Morgan fingerprint density at radius 2 is 1.80 bits per heavy atom. The molecule has 9 nitrogen and oxygen atoms in total. The van der Waals surface area contributed by atoms with Crippen LogP contribution in [0, 0.1) is 0 Å². The topological polar surface area (TPSA) is 110 Å². The number of ether oxygens (including phenoxy) is 1. The Morgan fingerprint density at radius 1 is 1.09 bits per heavy atom. The first-order valence-electron chi connectivity index (χ1n) is 10.9. The number of aromatic nitrogens is 3. The van der Waals surface area contributed by atoms with Crippen molar-refractivity contribution in [2.45, 2.75) is 12.3 Å². The highest BCUT2D eigenvalue weighted by Gasteiger charge is 2.39. The molecule has 4 rings (SSSR count). The molecule has 0 bridgehead atoms. The highest BCUT2D eigenvalue weighted by Crippen LogP contribution is 2.31. The van der Waals surface area contributed by atoms with Gasteiger partial charge in [0, 0.05) is 44.8 Å². The van der Waals surface area contributed by atoms with E-state index in [-0.39, 0.29) is 19.2 Å². The van der Waals surface area contributed by atoms with Gasteiger partial charge in [0.2, 0.25) is 0 Å². The Hall–Kier alpha value is -3.77. The molecule has 3 N–H and O–H groups in total. The molecule has 2 amide bonds. The van der Waals surface area contributed by atoms with Crippen LogP contribution in [0.25, 0.3) is 5.69 Å². The zero-order valence-corrected chi connectivity index (χ0v) is 18.5. The van der Waals surface area contributed by atoms with Gasteiger partial charge in [-0.3, -0.25) is 14.6 Å². The van der Waals surface area contributed by atoms with Crippen molar-refractivity contribution in [2.75, 3.05) is 32.8 Å². The lowest BCUT2D eigenvalue weighted by Crippen LogP contribution is -2.37.